The third-order valence-corrected chi connectivity index (χ3v) is 4.07. The van der Waals surface area contributed by atoms with Gasteiger partial charge in [-0.15, -0.1) is 11.3 Å². The smallest absolute Gasteiger partial charge is 0.133 e. The molecule has 2 aromatic rings. The van der Waals surface area contributed by atoms with Crippen LogP contribution in [0, 0.1) is 8.98 Å². The summed E-state index contributed by atoms with van der Waals surface area (Å²) in [6.07, 6.45) is 0. The van der Waals surface area contributed by atoms with Crippen molar-refractivity contribution in [1.82, 2.24) is 0 Å². The molecule has 15 heavy (non-hydrogen) atoms. The molecule has 78 valence electrons. The van der Waals surface area contributed by atoms with E-state index in [1.54, 1.807) is 7.11 Å². The molecule has 0 amide bonds. The maximum absolute atomic E-state index is 7.39. The highest BCUT2D eigenvalue weighted by atomic mass is 127. The standard InChI is InChI=1S/C10H9IN2OS/c1-14-5-2-7(11)6-4-9(10(12)13)15-8(6)3-5/h2-4H,1H3,(H3,12,13). The second-order valence-electron chi connectivity index (χ2n) is 3.05. The number of fused-ring (bicyclic) bond motifs is 1. The van der Waals surface area contributed by atoms with E-state index in [9.17, 15) is 0 Å². The lowest BCUT2D eigenvalue weighted by molar-refractivity contribution is 0.415. The number of rotatable bonds is 2. The number of thiophene rings is 1. The topological polar surface area (TPSA) is 59.1 Å². The molecule has 0 bridgehead atoms. The first-order valence-electron chi connectivity index (χ1n) is 4.23. The van der Waals surface area contributed by atoms with Crippen LogP contribution in [0.15, 0.2) is 18.2 Å². The predicted molar refractivity (Wildman–Crippen MR) is 72.1 cm³/mol. The molecule has 3 nitrogen and oxygen atoms in total. The second kappa shape index (κ2) is 3.97. The van der Waals surface area contributed by atoms with E-state index >= 15 is 0 Å². The molecular weight excluding hydrogens is 323 g/mol. The summed E-state index contributed by atoms with van der Waals surface area (Å²) in [6, 6.07) is 5.89. The number of halogens is 1. The van der Waals surface area contributed by atoms with E-state index in [2.05, 4.69) is 22.6 Å². The second-order valence-corrected chi connectivity index (χ2v) is 5.29. The molecule has 0 saturated carbocycles. The third-order valence-electron chi connectivity index (χ3n) is 2.06. The zero-order valence-corrected chi connectivity index (χ0v) is 11.0. The van der Waals surface area contributed by atoms with Crippen molar-refractivity contribution in [2.24, 2.45) is 5.73 Å². The van der Waals surface area contributed by atoms with Crippen molar-refractivity contribution in [3.8, 4) is 5.75 Å². The van der Waals surface area contributed by atoms with Crippen molar-refractivity contribution in [1.29, 1.82) is 5.41 Å². The molecule has 0 fully saturated rings. The minimum absolute atomic E-state index is 0.117. The predicted octanol–water partition coefficient (Wildman–Crippen LogP) is 2.80. The summed E-state index contributed by atoms with van der Waals surface area (Å²) in [7, 11) is 1.65. The summed E-state index contributed by atoms with van der Waals surface area (Å²) in [6.45, 7) is 0. The Labute approximate surface area is 105 Å². The Kier molecular flexibility index (Phi) is 2.83. The van der Waals surface area contributed by atoms with Gasteiger partial charge in [-0.1, -0.05) is 0 Å². The van der Waals surface area contributed by atoms with Crippen LogP contribution in [0.25, 0.3) is 10.1 Å². The molecule has 5 heteroatoms. The molecule has 0 atom stereocenters. The van der Waals surface area contributed by atoms with Gasteiger partial charge in [-0.3, -0.25) is 5.41 Å². The van der Waals surface area contributed by atoms with Crippen LogP contribution in [0.2, 0.25) is 0 Å². The van der Waals surface area contributed by atoms with E-state index in [-0.39, 0.29) is 5.84 Å². The molecule has 3 N–H and O–H groups in total. The largest absolute Gasteiger partial charge is 0.497 e. The van der Waals surface area contributed by atoms with Crippen LogP contribution in [0.5, 0.6) is 5.75 Å². The summed E-state index contributed by atoms with van der Waals surface area (Å²) in [4.78, 5) is 0.802. The first-order chi connectivity index (χ1) is 7.11. The summed E-state index contributed by atoms with van der Waals surface area (Å²) < 4.78 is 7.41. The Morgan fingerprint density at radius 2 is 2.20 bits per heavy atom. The molecule has 0 saturated heterocycles. The van der Waals surface area contributed by atoms with E-state index in [4.69, 9.17) is 15.9 Å². The zero-order chi connectivity index (χ0) is 11.0. The van der Waals surface area contributed by atoms with E-state index in [1.165, 1.54) is 11.3 Å². The Hall–Kier alpha value is -0.820. The van der Waals surface area contributed by atoms with Gasteiger partial charge in [0.15, 0.2) is 0 Å². The number of hydrogen-bond acceptors (Lipinski definition) is 3. The lowest BCUT2D eigenvalue weighted by Gasteiger charge is -2.00. The van der Waals surface area contributed by atoms with Crippen molar-refractivity contribution >= 4 is 49.8 Å². The highest BCUT2D eigenvalue weighted by Crippen LogP contribution is 2.32. The number of ether oxygens (including phenoxy) is 1. The van der Waals surface area contributed by atoms with E-state index in [1.807, 2.05) is 18.2 Å². The van der Waals surface area contributed by atoms with E-state index in [0.29, 0.717) is 0 Å². The molecule has 0 aliphatic heterocycles. The Bertz CT molecular complexity index is 535. The normalized spacial score (nSPS) is 10.5. The van der Waals surface area contributed by atoms with Gasteiger partial charge in [0.05, 0.1) is 12.0 Å². The van der Waals surface area contributed by atoms with Gasteiger partial charge in [-0.2, -0.15) is 0 Å². The third kappa shape index (κ3) is 1.93. The molecule has 1 heterocycles. The minimum atomic E-state index is 0.117. The highest BCUT2D eigenvalue weighted by Gasteiger charge is 2.08. The fourth-order valence-corrected chi connectivity index (χ4v) is 3.24. The molecule has 0 radical (unpaired) electrons. The fourth-order valence-electron chi connectivity index (χ4n) is 1.32. The van der Waals surface area contributed by atoms with Crippen LogP contribution in [-0.2, 0) is 0 Å². The number of nitrogens with one attached hydrogen (secondary N) is 1. The highest BCUT2D eigenvalue weighted by molar-refractivity contribution is 14.1. The number of hydrogen-bond donors (Lipinski definition) is 2. The molecule has 0 unspecified atom stereocenters. The van der Waals surface area contributed by atoms with Crippen LogP contribution in [0.1, 0.15) is 4.88 Å². The molecule has 0 aliphatic rings. The number of methoxy groups -OCH3 is 1. The van der Waals surface area contributed by atoms with Gasteiger partial charge in [-0.05, 0) is 40.8 Å². The minimum Gasteiger partial charge on any atom is -0.497 e. The Morgan fingerprint density at radius 3 is 2.80 bits per heavy atom. The van der Waals surface area contributed by atoms with Crippen LogP contribution >= 0.6 is 33.9 Å². The maximum atomic E-state index is 7.39. The average molecular weight is 332 g/mol. The average Bonchev–Trinajstić information content (AvgIpc) is 2.61. The first kappa shape index (κ1) is 10.7. The van der Waals surface area contributed by atoms with E-state index in [0.717, 1.165) is 24.3 Å². The SMILES string of the molecule is COc1cc(I)c2cc(C(=N)N)sc2c1. The Balaban J connectivity index is 2.69. The zero-order valence-electron chi connectivity index (χ0n) is 8.00. The van der Waals surface area contributed by atoms with Crippen molar-refractivity contribution in [2.75, 3.05) is 7.11 Å². The summed E-state index contributed by atoms with van der Waals surface area (Å²) >= 11 is 3.77. The number of nitrogens with two attached hydrogens (primary N) is 1. The lowest BCUT2D eigenvalue weighted by Crippen LogP contribution is -2.08. The van der Waals surface area contributed by atoms with Crippen molar-refractivity contribution < 1.29 is 4.74 Å². The van der Waals surface area contributed by atoms with Gasteiger partial charge >= 0.3 is 0 Å². The van der Waals surface area contributed by atoms with Gasteiger partial charge in [0, 0.05) is 13.7 Å². The Morgan fingerprint density at radius 1 is 1.47 bits per heavy atom. The molecule has 0 aliphatic carbocycles. The molecule has 2 rings (SSSR count). The number of amidine groups is 1. The molecule has 1 aromatic heterocycles. The number of nitrogen functional groups attached to an aromatic ring is 1. The maximum Gasteiger partial charge on any atom is 0.133 e. The first-order valence-corrected chi connectivity index (χ1v) is 6.13. The van der Waals surface area contributed by atoms with Crippen LogP contribution in [0.4, 0.5) is 0 Å². The van der Waals surface area contributed by atoms with Crippen molar-refractivity contribution in [3.63, 3.8) is 0 Å². The number of benzene rings is 1. The van der Waals surface area contributed by atoms with Gasteiger partial charge < -0.3 is 10.5 Å². The molecule has 0 spiro atoms. The van der Waals surface area contributed by atoms with Crippen LogP contribution < -0.4 is 10.5 Å². The fraction of sp³-hybridized carbons (Fsp3) is 0.100. The quantitative estimate of drug-likeness (QED) is 0.505. The summed E-state index contributed by atoms with van der Waals surface area (Å²) in [5, 5.41) is 8.52. The summed E-state index contributed by atoms with van der Waals surface area (Å²) in [5.41, 5.74) is 5.46. The van der Waals surface area contributed by atoms with Gasteiger partial charge in [0.2, 0.25) is 0 Å². The lowest BCUT2D eigenvalue weighted by atomic mass is 10.2. The van der Waals surface area contributed by atoms with E-state index < -0.39 is 0 Å². The van der Waals surface area contributed by atoms with Crippen LogP contribution in [0.3, 0.4) is 0 Å². The van der Waals surface area contributed by atoms with Crippen LogP contribution in [-0.4, -0.2) is 12.9 Å². The summed E-state index contributed by atoms with van der Waals surface area (Å²) in [5.74, 6) is 0.954. The van der Waals surface area contributed by atoms with Gasteiger partial charge in [0.1, 0.15) is 11.6 Å². The van der Waals surface area contributed by atoms with Crippen molar-refractivity contribution in [3.05, 3.63) is 26.6 Å². The molecule has 1 aromatic carbocycles. The monoisotopic (exact) mass is 332 g/mol. The van der Waals surface area contributed by atoms with Gasteiger partial charge in [-0.25, -0.2) is 0 Å². The van der Waals surface area contributed by atoms with Gasteiger partial charge in [0.25, 0.3) is 0 Å². The molecular formula is C10H9IN2OS. The van der Waals surface area contributed by atoms with Crippen molar-refractivity contribution in [2.45, 2.75) is 0 Å².